The Morgan fingerprint density at radius 1 is 1.30 bits per heavy atom. The molecule has 1 heterocycles. The third-order valence-corrected chi connectivity index (χ3v) is 4.64. The smallest absolute Gasteiger partial charge is 0.321 e. The van der Waals surface area contributed by atoms with E-state index in [0.29, 0.717) is 5.16 Å². The number of thioether (sulfide) groups is 1. The number of urea groups is 1. The molecule has 0 aliphatic rings. The Hall–Kier alpha value is -2.28. The lowest BCUT2D eigenvalue weighted by Gasteiger charge is -2.14. The van der Waals surface area contributed by atoms with Gasteiger partial charge in [0.2, 0.25) is 5.91 Å². The molecular weight excluding hydrogens is 312 g/mol. The minimum absolute atomic E-state index is 0.357. The van der Waals surface area contributed by atoms with E-state index < -0.39 is 11.3 Å². The molecule has 6 nitrogen and oxygen atoms in total. The number of hydrogen-bond donors (Lipinski definition) is 2. The number of aromatic nitrogens is 2. The predicted molar refractivity (Wildman–Crippen MR) is 91.0 cm³/mol. The third-order valence-electron chi connectivity index (χ3n) is 3.56. The summed E-state index contributed by atoms with van der Waals surface area (Å²) in [7, 11) is 1.47. The van der Waals surface area contributed by atoms with Crippen LogP contribution < -0.4 is 10.6 Å². The molecule has 1 unspecified atom stereocenters. The second-order valence-corrected chi connectivity index (χ2v) is 6.44. The van der Waals surface area contributed by atoms with E-state index in [9.17, 15) is 9.59 Å². The number of rotatable bonds is 4. The molecule has 0 spiro atoms. The van der Waals surface area contributed by atoms with Crippen LogP contribution in [0.3, 0.4) is 0 Å². The van der Waals surface area contributed by atoms with Crippen molar-refractivity contribution in [2.75, 3.05) is 7.05 Å². The number of nitrogens with one attached hydrogen (secondary N) is 2. The Balaban J connectivity index is 2.20. The lowest BCUT2D eigenvalue weighted by atomic mass is 10.1. The quantitative estimate of drug-likeness (QED) is 0.843. The Labute approximate surface area is 139 Å². The van der Waals surface area contributed by atoms with Gasteiger partial charge in [-0.1, -0.05) is 23.9 Å². The minimum atomic E-state index is -0.514. The molecule has 0 aliphatic carbocycles. The van der Waals surface area contributed by atoms with Crippen molar-refractivity contribution in [2.45, 2.75) is 31.2 Å². The lowest BCUT2D eigenvalue weighted by Crippen LogP contribution is -2.41. The fraction of sp³-hybridized carbons (Fsp3) is 0.312. The Kier molecular flexibility index (Phi) is 5.44. The lowest BCUT2D eigenvalue weighted by molar-refractivity contribution is -0.119. The van der Waals surface area contributed by atoms with Crippen LogP contribution in [0.4, 0.5) is 4.79 Å². The highest BCUT2D eigenvalue weighted by molar-refractivity contribution is 8.00. The van der Waals surface area contributed by atoms with Gasteiger partial charge in [-0.3, -0.25) is 14.7 Å². The van der Waals surface area contributed by atoms with Gasteiger partial charge in [0.25, 0.3) is 0 Å². The molecule has 23 heavy (non-hydrogen) atoms. The molecule has 122 valence electrons. The van der Waals surface area contributed by atoms with Gasteiger partial charge in [0.15, 0.2) is 5.16 Å². The highest BCUT2D eigenvalue weighted by Crippen LogP contribution is 2.27. The van der Waals surface area contributed by atoms with Gasteiger partial charge in [-0.05, 0) is 38.0 Å². The maximum absolute atomic E-state index is 12.0. The van der Waals surface area contributed by atoms with Crippen LogP contribution in [0.1, 0.15) is 18.1 Å². The third kappa shape index (κ3) is 3.92. The first-order chi connectivity index (χ1) is 10.9. The monoisotopic (exact) mass is 332 g/mol. The molecule has 0 bridgehead atoms. The number of benzene rings is 1. The molecule has 2 rings (SSSR count). The van der Waals surface area contributed by atoms with E-state index in [1.54, 1.807) is 13.1 Å². The number of imide groups is 1. The average molecular weight is 332 g/mol. The topological polar surface area (TPSA) is 76.0 Å². The van der Waals surface area contributed by atoms with Gasteiger partial charge in [-0.25, -0.2) is 9.78 Å². The van der Waals surface area contributed by atoms with E-state index in [1.807, 2.05) is 22.9 Å². The number of hydrogen-bond acceptors (Lipinski definition) is 4. The van der Waals surface area contributed by atoms with Crippen LogP contribution in [-0.2, 0) is 4.79 Å². The zero-order valence-electron chi connectivity index (χ0n) is 13.6. The van der Waals surface area contributed by atoms with Crippen LogP contribution in [0, 0.1) is 13.8 Å². The Morgan fingerprint density at radius 2 is 2.04 bits per heavy atom. The van der Waals surface area contributed by atoms with Gasteiger partial charge in [-0.15, -0.1) is 0 Å². The summed E-state index contributed by atoms with van der Waals surface area (Å²) in [6.07, 6.45) is 3.57. The molecule has 0 aliphatic heterocycles. The van der Waals surface area contributed by atoms with Crippen molar-refractivity contribution < 1.29 is 9.59 Å². The highest BCUT2D eigenvalue weighted by Gasteiger charge is 2.19. The van der Waals surface area contributed by atoms with Crippen LogP contribution in [0.2, 0.25) is 0 Å². The fourth-order valence-corrected chi connectivity index (χ4v) is 2.92. The largest absolute Gasteiger partial charge is 0.341 e. The summed E-state index contributed by atoms with van der Waals surface area (Å²) in [4.78, 5) is 27.5. The highest BCUT2D eigenvalue weighted by atomic mass is 32.2. The molecule has 1 aromatic heterocycles. The molecule has 0 saturated carbocycles. The summed E-state index contributed by atoms with van der Waals surface area (Å²) in [6, 6.07) is 5.56. The first-order valence-corrected chi connectivity index (χ1v) is 8.11. The van der Waals surface area contributed by atoms with Crippen molar-refractivity contribution in [3.05, 3.63) is 41.7 Å². The predicted octanol–water partition coefficient (Wildman–Crippen LogP) is 2.43. The van der Waals surface area contributed by atoms with Gasteiger partial charge in [0.05, 0.1) is 10.9 Å². The molecule has 2 aromatic rings. The van der Waals surface area contributed by atoms with Crippen LogP contribution >= 0.6 is 11.8 Å². The Morgan fingerprint density at radius 3 is 2.74 bits per heavy atom. The van der Waals surface area contributed by atoms with Gasteiger partial charge in [0, 0.05) is 19.4 Å². The second kappa shape index (κ2) is 7.32. The number of amides is 3. The summed E-state index contributed by atoms with van der Waals surface area (Å²) in [5, 5.41) is 4.90. The standard InChI is InChI=1S/C16H20N4O2S/c1-10-6-5-7-13(11(10)2)20-9-8-18-16(20)23-12(3)14(21)19-15(22)17-4/h5-9,12H,1-4H3,(H2,17,19,21,22). The molecule has 3 amide bonds. The Bertz CT molecular complexity index is 727. The van der Waals surface area contributed by atoms with Crippen LogP contribution in [-0.4, -0.2) is 33.8 Å². The summed E-state index contributed by atoms with van der Waals surface area (Å²) in [5.41, 5.74) is 3.39. The van der Waals surface area contributed by atoms with E-state index in [-0.39, 0.29) is 5.91 Å². The van der Waals surface area contributed by atoms with Gasteiger partial charge < -0.3 is 5.32 Å². The van der Waals surface area contributed by atoms with E-state index in [2.05, 4.69) is 35.5 Å². The summed E-state index contributed by atoms with van der Waals surface area (Å²) >= 11 is 1.31. The minimum Gasteiger partial charge on any atom is -0.341 e. The number of nitrogens with zero attached hydrogens (tertiary/aromatic N) is 2. The van der Waals surface area contributed by atoms with Crippen LogP contribution in [0.25, 0.3) is 5.69 Å². The van der Waals surface area contributed by atoms with Crippen molar-refractivity contribution in [3.63, 3.8) is 0 Å². The van der Waals surface area contributed by atoms with Crippen molar-refractivity contribution in [3.8, 4) is 5.69 Å². The van der Waals surface area contributed by atoms with Crippen LogP contribution in [0.5, 0.6) is 0 Å². The number of aryl methyl sites for hydroxylation is 1. The van der Waals surface area contributed by atoms with Gasteiger partial charge in [0.1, 0.15) is 0 Å². The zero-order chi connectivity index (χ0) is 17.0. The van der Waals surface area contributed by atoms with E-state index in [4.69, 9.17) is 0 Å². The van der Waals surface area contributed by atoms with Gasteiger partial charge >= 0.3 is 6.03 Å². The van der Waals surface area contributed by atoms with Crippen LogP contribution in [0.15, 0.2) is 35.7 Å². The maximum atomic E-state index is 12.0. The molecule has 2 N–H and O–H groups in total. The zero-order valence-corrected chi connectivity index (χ0v) is 14.4. The molecule has 0 fully saturated rings. The molecule has 1 atom stereocenters. The van der Waals surface area contributed by atoms with Crippen molar-refractivity contribution in [1.29, 1.82) is 0 Å². The van der Waals surface area contributed by atoms with E-state index in [0.717, 1.165) is 11.3 Å². The normalized spacial score (nSPS) is 11.8. The molecular formula is C16H20N4O2S. The molecule has 7 heteroatoms. The summed E-state index contributed by atoms with van der Waals surface area (Å²) in [5.74, 6) is -0.357. The first-order valence-electron chi connectivity index (χ1n) is 7.23. The number of carbonyl (C=O) groups is 2. The average Bonchev–Trinajstić information content (AvgIpc) is 2.97. The number of carbonyl (C=O) groups excluding carboxylic acids is 2. The van der Waals surface area contributed by atoms with E-state index >= 15 is 0 Å². The van der Waals surface area contributed by atoms with E-state index in [1.165, 1.54) is 24.4 Å². The second-order valence-electron chi connectivity index (χ2n) is 5.13. The molecule has 1 aromatic carbocycles. The SMILES string of the molecule is CNC(=O)NC(=O)C(C)Sc1nccn1-c1cccc(C)c1C. The number of imidazole rings is 1. The molecule has 0 saturated heterocycles. The fourth-order valence-electron chi connectivity index (χ4n) is 2.04. The van der Waals surface area contributed by atoms with Crippen molar-refractivity contribution in [2.24, 2.45) is 0 Å². The first kappa shape index (κ1) is 17.1. The molecule has 0 radical (unpaired) electrons. The van der Waals surface area contributed by atoms with Gasteiger partial charge in [-0.2, -0.15) is 0 Å². The van der Waals surface area contributed by atoms with Crippen molar-refractivity contribution >= 4 is 23.7 Å². The summed E-state index contributed by atoms with van der Waals surface area (Å²) in [6.45, 7) is 5.86. The summed E-state index contributed by atoms with van der Waals surface area (Å²) < 4.78 is 1.96. The maximum Gasteiger partial charge on any atom is 0.321 e. The van der Waals surface area contributed by atoms with Crippen molar-refractivity contribution in [1.82, 2.24) is 20.2 Å².